The van der Waals surface area contributed by atoms with Crippen LogP contribution in [0.15, 0.2) is 36.0 Å². The lowest BCUT2D eigenvalue weighted by Crippen LogP contribution is -2.02. The van der Waals surface area contributed by atoms with E-state index in [4.69, 9.17) is 0 Å². The highest BCUT2D eigenvalue weighted by molar-refractivity contribution is 7.15. The van der Waals surface area contributed by atoms with Gasteiger partial charge < -0.3 is 5.32 Å². The van der Waals surface area contributed by atoms with Crippen molar-refractivity contribution in [2.45, 2.75) is 13.5 Å². The number of nitrogens with one attached hydrogen (secondary N) is 1. The maximum absolute atomic E-state index is 13.4. The number of aromatic nitrogens is 2. The molecule has 2 aromatic heterocycles. The summed E-state index contributed by atoms with van der Waals surface area (Å²) in [6.45, 7) is 2.36. The second-order valence-corrected chi connectivity index (χ2v) is 4.96. The third-order valence-electron chi connectivity index (χ3n) is 2.87. The van der Waals surface area contributed by atoms with E-state index >= 15 is 0 Å². The molecule has 5 heteroatoms. The Bertz CT molecular complexity index is 658. The van der Waals surface area contributed by atoms with Crippen LogP contribution in [-0.4, -0.2) is 9.38 Å². The fourth-order valence-electron chi connectivity index (χ4n) is 1.85. The van der Waals surface area contributed by atoms with Gasteiger partial charge in [0, 0.05) is 29.0 Å². The number of benzene rings is 1. The van der Waals surface area contributed by atoms with Crippen LogP contribution in [0.4, 0.5) is 10.1 Å². The van der Waals surface area contributed by atoms with E-state index in [0.29, 0.717) is 12.1 Å². The molecule has 0 saturated heterocycles. The molecule has 0 amide bonds. The molecule has 0 fully saturated rings. The SMILES string of the molecule is Cc1c(F)cccc1NCc1cn2ccsc2n1. The molecule has 3 rings (SSSR count). The number of thiazole rings is 1. The van der Waals surface area contributed by atoms with Gasteiger partial charge >= 0.3 is 0 Å². The summed E-state index contributed by atoms with van der Waals surface area (Å²) in [6.07, 6.45) is 3.96. The monoisotopic (exact) mass is 261 g/mol. The maximum atomic E-state index is 13.4. The molecule has 92 valence electrons. The van der Waals surface area contributed by atoms with Crippen LogP contribution in [0.25, 0.3) is 4.96 Å². The van der Waals surface area contributed by atoms with E-state index in [1.807, 2.05) is 28.2 Å². The van der Waals surface area contributed by atoms with E-state index in [9.17, 15) is 4.39 Å². The van der Waals surface area contributed by atoms with E-state index in [1.165, 1.54) is 6.07 Å². The Labute approximate surface area is 108 Å². The number of halogens is 1. The Morgan fingerprint density at radius 3 is 3.17 bits per heavy atom. The van der Waals surface area contributed by atoms with Crippen molar-refractivity contribution in [2.24, 2.45) is 0 Å². The summed E-state index contributed by atoms with van der Waals surface area (Å²) in [5.41, 5.74) is 2.40. The average molecular weight is 261 g/mol. The molecule has 0 radical (unpaired) electrons. The molecule has 0 atom stereocenters. The molecule has 1 N–H and O–H groups in total. The number of nitrogens with zero attached hydrogens (tertiary/aromatic N) is 2. The fraction of sp³-hybridized carbons (Fsp3) is 0.154. The lowest BCUT2D eigenvalue weighted by molar-refractivity contribution is 0.619. The normalized spacial score (nSPS) is 11.0. The van der Waals surface area contributed by atoms with Gasteiger partial charge in [-0.15, -0.1) is 11.3 Å². The first kappa shape index (κ1) is 11.2. The molecule has 0 aliphatic carbocycles. The van der Waals surface area contributed by atoms with Gasteiger partial charge in [0.15, 0.2) is 4.96 Å². The zero-order valence-electron chi connectivity index (χ0n) is 9.85. The van der Waals surface area contributed by atoms with Crippen LogP contribution in [-0.2, 0) is 6.54 Å². The molecule has 3 aromatic rings. The van der Waals surface area contributed by atoms with Crippen molar-refractivity contribution in [3.63, 3.8) is 0 Å². The number of imidazole rings is 1. The van der Waals surface area contributed by atoms with Crippen LogP contribution >= 0.6 is 11.3 Å². The molecule has 0 unspecified atom stereocenters. The first-order valence-electron chi connectivity index (χ1n) is 5.64. The highest BCUT2D eigenvalue weighted by Gasteiger charge is 2.05. The van der Waals surface area contributed by atoms with E-state index in [1.54, 1.807) is 24.3 Å². The quantitative estimate of drug-likeness (QED) is 0.782. The van der Waals surface area contributed by atoms with Gasteiger partial charge in [0.25, 0.3) is 0 Å². The van der Waals surface area contributed by atoms with Gasteiger partial charge in [0.2, 0.25) is 0 Å². The van der Waals surface area contributed by atoms with E-state index in [2.05, 4.69) is 10.3 Å². The van der Waals surface area contributed by atoms with E-state index < -0.39 is 0 Å². The Kier molecular flexibility index (Phi) is 2.76. The smallest absolute Gasteiger partial charge is 0.193 e. The number of anilines is 1. The molecule has 0 spiro atoms. The number of rotatable bonds is 3. The van der Waals surface area contributed by atoms with Gasteiger partial charge in [0.05, 0.1) is 12.2 Å². The summed E-state index contributed by atoms with van der Waals surface area (Å²) in [5, 5.41) is 5.21. The molecule has 2 heterocycles. The summed E-state index contributed by atoms with van der Waals surface area (Å²) in [5.74, 6) is -0.189. The predicted octanol–water partition coefficient (Wildman–Crippen LogP) is 3.46. The first-order valence-corrected chi connectivity index (χ1v) is 6.52. The summed E-state index contributed by atoms with van der Waals surface area (Å²) in [4.78, 5) is 5.44. The van der Waals surface area contributed by atoms with Crippen LogP contribution in [0.5, 0.6) is 0 Å². The third-order valence-corrected chi connectivity index (χ3v) is 3.64. The van der Waals surface area contributed by atoms with Gasteiger partial charge in [-0.2, -0.15) is 0 Å². The van der Waals surface area contributed by atoms with Crippen molar-refractivity contribution < 1.29 is 4.39 Å². The average Bonchev–Trinajstić information content (AvgIpc) is 2.91. The minimum absolute atomic E-state index is 0.189. The van der Waals surface area contributed by atoms with Gasteiger partial charge in [-0.25, -0.2) is 9.37 Å². The summed E-state index contributed by atoms with van der Waals surface area (Å²) in [6, 6.07) is 5.04. The molecule has 0 bridgehead atoms. The molecule has 18 heavy (non-hydrogen) atoms. The topological polar surface area (TPSA) is 29.3 Å². The number of hydrogen-bond acceptors (Lipinski definition) is 3. The lowest BCUT2D eigenvalue weighted by atomic mass is 10.2. The second-order valence-electron chi connectivity index (χ2n) is 4.09. The van der Waals surface area contributed by atoms with E-state index in [-0.39, 0.29) is 5.82 Å². The molecule has 3 nitrogen and oxygen atoms in total. The summed E-state index contributed by atoms with van der Waals surface area (Å²) >= 11 is 1.60. The van der Waals surface area contributed by atoms with Crippen LogP contribution in [0, 0.1) is 12.7 Å². The van der Waals surface area contributed by atoms with E-state index in [0.717, 1.165) is 16.3 Å². The summed E-state index contributed by atoms with van der Waals surface area (Å²) < 4.78 is 15.4. The molecule has 1 aromatic carbocycles. The van der Waals surface area contributed by atoms with Crippen LogP contribution in [0.3, 0.4) is 0 Å². The Morgan fingerprint density at radius 1 is 1.44 bits per heavy atom. The van der Waals surface area contributed by atoms with Crippen LogP contribution in [0.2, 0.25) is 0 Å². The van der Waals surface area contributed by atoms with Gasteiger partial charge in [-0.1, -0.05) is 6.07 Å². The van der Waals surface area contributed by atoms with Crippen LogP contribution in [0.1, 0.15) is 11.3 Å². The van der Waals surface area contributed by atoms with Crippen molar-refractivity contribution in [3.8, 4) is 0 Å². The Morgan fingerprint density at radius 2 is 2.33 bits per heavy atom. The minimum Gasteiger partial charge on any atom is -0.379 e. The number of hydrogen-bond donors (Lipinski definition) is 1. The third kappa shape index (κ3) is 1.97. The van der Waals surface area contributed by atoms with Crippen molar-refractivity contribution in [1.29, 1.82) is 0 Å². The highest BCUT2D eigenvalue weighted by atomic mass is 32.1. The standard InChI is InChI=1S/C13H12FN3S/c1-9-11(14)3-2-4-12(9)15-7-10-8-17-5-6-18-13(17)16-10/h2-6,8,15H,7H2,1H3. The second kappa shape index (κ2) is 4.42. The zero-order chi connectivity index (χ0) is 12.5. The molecule has 0 saturated carbocycles. The Hall–Kier alpha value is -1.88. The van der Waals surface area contributed by atoms with Gasteiger partial charge in [0.1, 0.15) is 5.82 Å². The lowest BCUT2D eigenvalue weighted by Gasteiger charge is -2.08. The molecule has 0 aliphatic heterocycles. The van der Waals surface area contributed by atoms with Crippen molar-refractivity contribution >= 4 is 22.0 Å². The molecular weight excluding hydrogens is 249 g/mol. The van der Waals surface area contributed by atoms with Crippen molar-refractivity contribution in [3.05, 3.63) is 53.0 Å². The largest absolute Gasteiger partial charge is 0.379 e. The Balaban J connectivity index is 1.78. The fourth-order valence-corrected chi connectivity index (χ4v) is 2.56. The highest BCUT2D eigenvalue weighted by Crippen LogP contribution is 2.18. The zero-order valence-corrected chi connectivity index (χ0v) is 10.7. The van der Waals surface area contributed by atoms with Gasteiger partial charge in [-0.05, 0) is 19.1 Å². The molecule has 0 aliphatic rings. The number of fused-ring (bicyclic) bond motifs is 1. The first-order chi connectivity index (χ1) is 8.74. The van der Waals surface area contributed by atoms with Crippen molar-refractivity contribution in [1.82, 2.24) is 9.38 Å². The molecular formula is C13H12FN3S. The van der Waals surface area contributed by atoms with Crippen molar-refractivity contribution in [2.75, 3.05) is 5.32 Å². The van der Waals surface area contributed by atoms with Gasteiger partial charge in [-0.3, -0.25) is 4.40 Å². The summed E-state index contributed by atoms with van der Waals surface area (Å²) in [7, 11) is 0. The van der Waals surface area contributed by atoms with Crippen LogP contribution < -0.4 is 5.32 Å². The maximum Gasteiger partial charge on any atom is 0.193 e. The predicted molar refractivity (Wildman–Crippen MR) is 71.5 cm³/mol. The minimum atomic E-state index is -0.189.